The Morgan fingerprint density at radius 1 is 0.915 bits per heavy atom. The summed E-state index contributed by atoms with van der Waals surface area (Å²) in [5.41, 5.74) is 4.11. The molecule has 9 atom stereocenters. The first-order valence-corrected chi connectivity index (χ1v) is 20.6. The van der Waals surface area contributed by atoms with E-state index in [-0.39, 0.29) is 36.5 Å². The van der Waals surface area contributed by atoms with Crippen LogP contribution in [-0.4, -0.2) is 88.0 Å². The lowest BCUT2D eigenvalue weighted by atomic mass is 9.55. The Kier molecular flexibility index (Phi) is 11.9. The number of benzene rings is 3. The maximum atomic E-state index is 13.0. The fourth-order valence-corrected chi connectivity index (χ4v) is 9.84. The second-order valence-corrected chi connectivity index (χ2v) is 16.7. The van der Waals surface area contributed by atoms with Crippen LogP contribution in [0, 0.1) is 17.3 Å². The highest BCUT2D eigenvalue weighted by Crippen LogP contribution is 2.61. The van der Waals surface area contributed by atoms with Crippen molar-refractivity contribution in [2.45, 2.75) is 94.4 Å². The third-order valence-corrected chi connectivity index (χ3v) is 13.2. The molecule has 2 saturated carbocycles. The lowest BCUT2D eigenvalue weighted by Gasteiger charge is -2.50. The van der Waals surface area contributed by atoms with Crippen LogP contribution in [-0.2, 0) is 17.3 Å². The number of hydrogen-bond donors (Lipinski definition) is 5. The minimum Gasteiger partial charge on any atom is -0.494 e. The molecule has 3 aliphatic carbocycles. The summed E-state index contributed by atoms with van der Waals surface area (Å²) in [5, 5.41) is 37.6. The Labute approximate surface area is 341 Å². The Bertz CT molecular complexity index is 2090. The molecule has 14 heteroatoms. The van der Waals surface area contributed by atoms with Gasteiger partial charge in [-0.3, -0.25) is 9.78 Å². The summed E-state index contributed by atoms with van der Waals surface area (Å²) < 4.78 is 56.6. The van der Waals surface area contributed by atoms with Crippen molar-refractivity contribution in [3.8, 4) is 22.6 Å². The van der Waals surface area contributed by atoms with Gasteiger partial charge >= 0.3 is 6.18 Å². The monoisotopic (exact) mass is 816 g/mol. The fraction of sp³-hybridized carbons (Fsp3) is 0.489. The van der Waals surface area contributed by atoms with E-state index < -0.39 is 36.2 Å². The molecule has 314 valence electrons. The van der Waals surface area contributed by atoms with Gasteiger partial charge in [-0.2, -0.15) is 13.2 Å². The zero-order valence-corrected chi connectivity index (χ0v) is 32.9. The quantitative estimate of drug-likeness (QED) is 0.0994. The molecule has 1 saturated heterocycles. The van der Waals surface area contributed by atoms with Crippen LogP contribution in [0.4, 0.5) is 19.0 Å². The van der Waals surface area contributed by atoms with Gasteiger partial charge in [-0.1, -0.05) is 37.3 Å². The van der Waals surface area contributed by atoms with Crippen molar-refractivity contribution in [2.75, 3.05) is 31.7 Å². The third kappa shape index (κ3) is 8.77. The molecule has 5 N–H and O–H groups in total. The van der Waals surface area contributed by atoms with E-state index in [4.69, 9.17) is 14.2 Å². The molecule has 3 aromatic carbocycles. The number of aryl methyl sites for hydroxylation is 1. The van der Waals surface area contributed by atoms with Gasteiger partial charge in [0.15, 0.2) is 5.69 Å². The van der Waals surface area contributed by atoms with Gasteiger partial charge in [0, 0.05) is 12.1 Å². The van der Waals surface area contributed by atoms with E-state index in [1.165, 1.54) is 17.5 Å². The lowest BCUT2D eigenvalue weighted by Crippen LogP contribution is -2.57. The van der Waals surface area contributed by atoms with Crippen LogP contribution in [0.15, 0.2) is 79.1 Å². The van der Waals surface area contributed by atoms with Crippen LogP contribution in [0.25, 0.3) is 11.1 Å². The average Bonchev–Trinajstić information content (AvgIpc) is 3.55. The number of aliphatic hydroxyl groups is 3. The minimum atomic E-state index is -4.68. The number of aliphatic hydroxyl groups excluding tert-OH is 3. The predicted molar refractivity (Wildman–Crippen MR) is 213 cm³/mol. The van der Waals surface area contributed by atoms with Crippen LogP contribution in [0.2, 0.25) is 0 Å². The van der Waals surface area contributed by atoms with Crippen LogP contribution < -0.4 is 20.1 Å². The Morgan fingerprint density at radius 2 is 1.66 bits per heavy atom. The van der Waals surface area contributed by atoms with E-state index in [9.17, 15) is 33.3 Å². The highest BCUT2D eigenvalue weighted by atomic mass is 19.4. The number of nitrogens with one attached hydrogen (secondary N) is 2. The summed E-state index contributed by atoms with van der Waals surface area (Å²) in [6.45, 7) is 3.10. The van der Waals surface area contributed by atoms with E-state index in [1.807, 2.05) is 24.3 Å². The second-order valence-electron chi connectivity index (χ2n) is 16.7. The number of amides is 1. The summed E-state index contributed by atoms with van der Waals surface area (Å²) in [7, 11) is 0. The maximum Gasteiger partial charge on any atom is 0.434 e. The van der Waals surface area contributed by atoms with Gasteiger partial charge in [0.1, 0.15) is 42.2 Å². The number of ether oxygens (including phenoxy) is 3. The zero-order chi connectivity index (χ0) is 41.3. The topological polar surface area (TPSA) is 155 Å². The summed E-state index contributed by atoms with van der Waals surface area (Å²) >= 11 is 0. The Balaban J connectivity index is 0.749. The fourth-order valence-electron chi connectivity index (χ4n) is 9.84. The second kappa shape index (κ2) is 17.1. The molecule has 1 amide bonds. The highest BCUT2D eigenvalue weighted by Gasteiger charge is 2.54. The molecule has 4 aliphatic rings. The number of anilines is 1. The molecular weight excluding hydrogens is 766 g/mol. The average molecular weight is 817 g/mol. The standard InChI is InChI=1S/C45H51F3N4O7/c1-44-18-17-33-32-14-12-31(21-29(32)9-13-34(33)35(44)15-16-39(44)53)57-20-2-19-50-43(56)28-5-3-26(4-6-28)27-7-10-30(11-8-27)58-25-37-42(55)41(54)36(24-59-37)51-40-23-49-22-38(52-40)45(46,47)48/h3-8,10-12,14,21-23,33-37,39,41-42,53-55H,2,9,13,15-20,24-25H2,1H3,(H,50,56)(H,51,52)/t33-,34-,35+,36+,37-,39+,41-,42+,44+/m1/s1. The smallest absolute Gasteiger partial charge is 0.434 e. The van der Waals surface area contributed by atoms with Crippen molar-refractivity contribution in [1.29, 1.82) is 0 Å². The van der Waals surface area contributed by atoms with Gasteiger partial charge in [-0.25, -0.2) is 4.98 Å². The molecule has 11 nitrogen and oxygen atoms in total. The molecule has 0 bridgehead atoms. The molecule has 8 rings (SSSR count). The van der Waals surface area contributed by atoms with Crippen LogP contribution >= 0.6 is 0 Å². The van der Waals surface area contributed by atoms with Gasteiger partial charge in [0.25, 0.3) is 5.91 Å². The van der Waals surface area contributed by atoms with Gasteiger partial charge in [0.2, 0.25) is 0 Å². The molecule has 4 aromatic rings. The number of carbonyl (C=O) groups excluding carboxylic acids is 1. The first kappa shape index (κ1) is 41.0. The van der Waals surface area contributed by atoms with Crippen molar-refractivity contribution < 1.29 is 47.5 Å². The highest BCUT2D eigenvalue weighted by molar-refractivity contribution is 5.94. The zero-order valence-electron chi connectivity index (χ0n) is 32.9. The number of rotatable bonds is 12. The molecule has 2 heterocycles. The molecule has 3 fully saturated rings. The van der Waals surface area contributed by atoms with Crippen molar-refractivity contribution >= 4 is 11.7 Å². The number of fused-ring (bicyclic) bond motifs is 5. The summed E-state index contributed by atoms with van der Waals surface area (Å²) in [5.74, 6) is 2.86. The van der Waals surface area contributed by atoms with Crippen LogP contribution in [0.1, 0.15) is 78.5 Å². The molecule has 0 unspecified atom stereocenters. The largest absolute Gasteiger partial charge is 0.494 e. The van der Waals surface area contributed by atoms with E-state index in [2.05, 4.69) is 45.7 Å². The van der Waals surface area contributed by atoms with E-state index in [0.717, 1.165) is 55.2 Å². The lowest BCUT2D eigenvalue weighted by molar-refractivity contribution is -0.150. The first-order chi connectivity index (χ1) is 28.4. The van der Waals surface area contributed by atoms with E-state index in [0.29, 0.717) is 54.8 Å². The van der Waals surface area contributed by atoms with Crippen LogP contribution in [0.5, 0.6) is 11.5 Å². The minimum absolute atomic E-state index is 0.0775. The van der Waals surface area contributed by atoms with Crippen molar-refractivity contribution in [3.05, 3.63) is 102 Å². The third-order valence-electron chi connectivity index (χ3n) is 13.2. The Hall–Kier alpha value is -4.76. The van der Waals surface area contributed by atoms with E-state index in [1.54, 1.807) is 24.3 Å². The van der Waals surface area contributed by atoms with Gasteiger partial charge < -0.3 is 40.2 Å². The number of alkyl halides is 3. The molecular formula is C45H51F3N4O7. The van der Waals surface area contributed by atoms with Crippen LogP contribution in [0.3, 0.4) is 0 Å². The summed E-state index contributed by atoms with van der Waals surface area (Å²) in [6.07, 6.45) is 0.461. The van der Waals surface area contributed by atoms with Gasteiger partial charge in [-0.05, 0) is 127 Å². The number of hydrogen-bond acceptors (Lipinski definition) is 10. The van der Waals surface area contributed by atoms with Crippen molar-refractivity contribution in [2.24, 2.45) is 17.3 Å². The van der Waals surface area contributed by atoms with Crippen molar-refractivity contribution in [3.63, 3.8) is 0 Å². The molecule has 0 spiro atoms. The molecule has 1 aliphatic heterocycles. The first-order valence-electron chi connectivity index (χ1n) is 20.6. The summed E-state index contributed by atoms with van der Waals surface area (Å²) in [6, 6.07) is 20.2. The van der Waals surface area contributed by atoms with Gasteiger partial charge in [0.05, 0.1) is 37.8 Å². The normalized spacial score (nSPS) is 28.8. The summed E-state index contributed by atoms with van der Waals surface area (Å²) in [4.78, 5) is 19.9. The molecule has 59 heavy (non-hydrogen) atoms. The number of carbonyl (C=O) groups is 1. The number of nitrogens with zero attached hydrogens (tertiary/aromatic N) is 2. The van der Waals surface area contributed by atoms with E-state index >= 15 is 0 Å². The Morgan fingerprint density at radius 3 is 2.42 bits per heavy atom. The van der Waals surface area contributed by atoms with Crippen molar-refractivity contribution in [1.82, 2.24) is 15.3 Å². The number of aromatic nitrogens is 2. The predicted octanol–water partition coefficient (Wildman–Crippen LogP) is 6.56. The number of halogens is 3. The SMILES string of the molecule is C[C@]12CC[C@@H]3c4ccc(OCCCNC(=O)c5ccc(-c6ccc(OC[C@H]7OC[C@H](Nc8cncc(C(F)(F)F)n8)[C@@H](O)[C@H]7O)cc6)cc5)cc4CC[C@H]3[C@@H]1CC[C@@H]2O. The molecule has 0 radical (unpaired) electrons. The van der Waals surface area contributed by atoms with Gasteiger partial charge in [-0.15, -0.1) is 0 Å². The molecule has 1 aromatic heterocycles. The maximum absolute atomic E-state index is 13.0.